The Morgan fingerprint density at radius 1 is 1.31 bits per heavy atom. The lowest BCUT2D eigenvalue weighted by Crippen LogP contribution is -2.27. The van der Waals surface area contributed by atoms with Gasteiger partial charge in [0.15, 0.2) is 0 Å². The van der Waals surface area contributed by atoms with Crippen molar-refractivity contribution in [1.82, 2.24) is 9.78 Å². The fourth-order valence-electron chi connectivity index (χ4n) is 3.31. The fraction of sp³-hybridized carbons (Fsp3) is 0.500. The van der Waals surface area contributed by atoms with Crippen LogP contribution in [0.4, 0.5) is 5.00 Å². The molecule has 2 atom stereocenters. The lowest BCUT2D eigenvalue weighted by molar-refractivity contribution is -0.119. The van der Waals surface area contributed by atoms with E-state index in [-0.39, 0.29) is 11.8 Å². The number of carbonyl (C=O) groups excluding carboxylic acids is 2. The number of carboxylic acid groups (broad SMARTS) is 1. The van der Waals surface area contributed by atoms with Crippen molar-refractivity contribution in [2.24, 2.45) is 0 Å². The van der Waals surface area contributed by atoms with Gasteiger partial charge in [0.05, 0.1) is 11.7 Å². The number of thiophene rings is 1. The van der Waals surface area contributed by atoms with Crippen molar-refractivity contribution in [1.29, 1.82) is 0 Å². The van der Waals surface area contributed by atoms with Crippen LogP contribution in [0.1, 0.15) is 77.4 Å². The molecule has 1 aliphatic rings. The number of hydrogen-bond donors (Lipinski definition) is 2. The summed E-state index contributed by atoms with van der Waals surface area (Å²) in [4.78, 5) is 38.1. The molecule has 0 radical (unpaired) electrons. The number of carbonyl (C=O) groups is 3. The summed E-state index contributed by atoms with van der Waals surface area (Å²) in [6.45, 7) is 5.34. The van der Waals surface area contributed by atoms with Crippen LogP contribution in [0.3, 0.4) is 0 Å². The van der Waals surface area contributed by atoms with Crippen LogP contribution in [-0.2, 0) is 22.4 Å². The molecule has 0 aromatic carbocycles. The maximum absolute atomic E-state index is 12.8. The zero-order chi connectivity index (χ0) is 21.1. The Kier molecular flexibility index (Phi) is 6.36. The Morgan fingerprint density at radius 3 is 2.72 bits per heavy atom. The summed E-state index contributed by atoms with van der Waals surface area (Å²) in [5.41, 5.74) is 1.32. The van der Waals surface area contributed by atoms with E-state index in [9.17, 15) is 19.5 Å². The molecule has 156 valence electrons. The second-order valence-corrected chi connectivity index (χ2v) is 8.28. The highest BCUT2D eigenvalue weighted by molar-refractivity contribution is 7.17. The minimum atomic E-state index is -1.16. The molecule has 0 bridgehead atoms. The Labute approximate surface area is 172 Å². The summed E-state index contributed by atoms with van der Waals surface area (Å²) in [6.07, 6.45) is 5.52. The Balaban J connectivity index is 1.89. The molecule has 0 saturated carbocycles. The molecule has 9 heteroatoms. The summed E-state index contributed by atoms with van der Waals surface area (Å²) in [5.74, 6) is -2.02. The number of aromatic nitrogens is 2. The predicted molar refractivity (Wildman–Crippen MR) is 109 cm³/mol. The van der Waals surface area contributed by atoms with Crippen LogP contribution in [0.2, 0.25) is 0 Å². The number of fused-ring (bicyclic) bond motifs is 1. The average Bonchev–Trinajstić information content (AvgIpc) is 3.31. The lowest BCUT2D eigenvalue weighted by Gasteiger charge is -2.16. The van der Waals surface area contributed by atoms with Gasteiger partial charge in [-0.05, 0) is 57.6 Å². The van der Waals surface area contributed by atoms with E-state index in [0.29, 0.717) is 17.0 Å². The van der Waals surface area contributed by atoms with E-state index in [4.69, 9.17) is 4.74 Å². The number of hydrogen-bond acceptors (Lipinski definition) is 6. The summed E-state index contributed by atoms with van der Waals surface area (Å²) in [6, 6.07) is 0.485. The van der Waals surface area contributed by atoms with Gasteiger partial charge in [0, 0.05) is 11.1 Å². The van der Waals surface area contributed by atoms with Gasteiger partial charge in [-0.2, -0.15) is 5.10 Å². The quantitative estimate of drug-likeness (QED) is 0.663. The van der Waals surface area contributed by atoms with Crippen molar-refractivity contribution in [2.45, 2.75) is 65.0 Å². The number of carboxylic acids is 1. The predicted octanol–water partition coefficient (Wildman–Crippen LogP) is 3.68. The number of rotatable bonds is 7. The molecule has 2 heterocycles. The summed E-state index contributed by atoms with van der Waals surface area (Å²) >= 11 is 1.40. The first kappa shape index (κ1) is 21.0. The van der Waals surface area contributed by atoms with E-state index < -0.39 is 23.9 Å². The highest BCUT2D eigenvalue weighted by Gasteiger charge is 2.30. The molecule has 0 aliphatic heterocycles. The molecule has 1 aliphatic carbocycles. The third kappa shape index (κ3) is 4.34. The van der Waals surface area contributed by atoms with Crippen molar-refractivity contribution < 1.29 is 24.2 Å². The van der Waals surface area contributed by atoms with E-state index in [1.807, 2.05) is 13.8 Å². The second kappa shape index (κ2) is 8.77. The first-order valence-electron chi connectivity index (χ1n) is 9.76. The second-order valence-electron chi connectivity index (χ2n) is 7.17. The first-order valence-corrected chi connectivity index (χ1v) is 10.6. The molecule has 1 amide bonds. The monoisotopic (exact) mass is 419 g/mol. The van der Waals surface area contributed by atoms with E-state index in [2.05, 4.69) is 10.4 Å². The van der Waals surface area contributed by atoms with Crippen LogP contribution in [0.15, 0.2) is 12.3 Å². The van der Waals surface area contributed by atoms with Gasteiger partial charge in [-0.3, -0.25) is 4.79 Å². The zero-order valence-corrected chi connectivity index (χ0v) is 17.5. The van der Waals surface area contributed by atoms with Gasteiger partial charge < -0.3 is 15.2 Å². The van der Waals surface area contributed by atoms with Gasteiger partial charge in [-0.25, -0.2) is 14.3 Å². The number of nitrogens with one attached hydrogen (secondary N) is 1. The third-order valence-electron chi connectivity index (χ3n) is 5.13. The van der Waals surface area contributed by atoms with Crippen LogP contribution in [-0.4, -0.2) is 38.8 Å². The van der Waals surface area contributed by atoms with E-state index in [1.54, 1.807) is 6.92 Å². The summed E-state index contributed by atoms with van der Waals surface area (Å²) in [5, 5.41) is 16.5. The van der Waals surface area contributed by atoms with Gasteiger partial charge in [0.25, 0.3) is 0 Å². The lowest BCUT2D eigenvalue weighted by atomic mass is 9.95. The standard InChI is InChI=1S/C20H25N3O5S/c1-4-11(2)28-20(27)16-13-7-5-6-8-15(13)29-18(16)22-17(24)12(3)23-14(19(25)26)9-10-21-23/h9-12H,4-8H2,1-3H3,(H,22,24)(H,25,26). The number of aryl methyl sites for hydroxylation is 1. The molecule has 29 heavy (non-hydrogen) atoms. The van der Waals surface area contributed by atoms with Crippen molar-refractivity contribution in [2.75, 3.05) is 5.32 Å². The maximum atomic E-state index is 12.8. The Bertz CT molecular complexity index is 933. The molecule has 0 spiro atoms. The van der Waals surface area contributed by atoms with Crippen molar-refractivity contribution in [3.05, 3.63) is 34.0 Å². The molecule has 2 aromatic rings. The molecule has 2 unspecified atom stereocenters. The molecule has 3 rings (SSSR count). The normalized spacial score (nSPS) is 15.3. The molecule has 0 fully saturated rings. The number of ether oxygens (including phenoxy) is 1. The summed E-state index contributed by atoms with van der Waals surface area (Å²) in [7, 11) is 0. The van der Waals surface area contributed by atoms with Crippen LogP contribution >= 0.6 is 11.3 Å². The third-order valence-corrected chi connectivity index (χ3v) is 6.34. The topological polar surface area (TPSA) is 111 Å². The van der Waals surface area contributed by atoms with Gasteiger partial charge in [-0.1, -0.05) is 6.92 Å². The minimum Gasteiger partial charge on any atom is -0.477 e. The van der Waals surface area contributed by atoms with Crippen molar-refractivity contribution in [3.63, 3.8) is 0 Å². The number of anilines is 1. The fourth-order valence-corrected chi connectivity index (χ4v) is 4.59. The molecule has 2 aromatic heterocycles. The van der Waals surface area contributed by atoms with E-state index in [1.165, 1.54) is 23.6 Å². The minimum absolute atomic E-state index is 0.0745. The Morgan fingerprint density at radius 2 is 2.03 bits per heavy atom. The number of nitrogens with zero attached hydrogens (tertiary/aromatic N) is 2. The van der Waals surface area contributed by atoms with Gasteiger partial charge >= 0.3 is 11.9 Å². The zero-order valence-electron chi connectivity index (χ0n) is 16.7. The molecule has 0 saturated heterocycles. The van der Waals surface area contributed by atoms with Gasteiger partial charge in [0.1, 0.15) is 16.7 Å². The van der Waals surface area contributed by atoms with Gasteiger partial charge in [0.2, 0.25) is 5.91 Å². The summed E-state index contributed by atoms with van der Waals surface area (Å²) < 4.78 is 6.69. The smallest absolute Gasteiger partial charge is 0.354 e. The van der Waals surface area contributed by atoms with Crippen LogP contribution < -0.4 is 5.32 Å². The molecule has 8 nitrogen and oxygen atoms in total. The first-order chi connectivity index (χ1) is 13.8. The SMILES string of the molecule is CCC(C)OC(=O)c1c(NC(=O)C(C)n2nccc2C(=O)O)sc2c1CCCC2. The highest BCUT2D eigenvalue weighted by atomic mass is 32.1. The van der Waals surface area contributed by atoms with Crippen LogP contribution in [0, 0.1) is 0 Å². The average molecular weight is 420 g/mol. The maximum Gasteiger partial charge on any atom is 0.354 e. The number of aromatic carboxylic acids is 1. The highest BCUT2D eigenvalue weighted by Crippen LogP contribution is 2.39. The van der Waals surface area contributed by atoms with Crippen LogP contribution in [0.25, 0.3) is 0 Å². The number of amides is 1. The largest absolute Gasteiger partial charge is 0.477 e. The number of esters is 1. The van der Waals surface area contributed by atoms with E-state index >= 15 is 0 Å². The van der Waals surface area contributed by atoms with E-state index in [0.717, 1.165) is 40.8 Å². The molecule has 2 N–H and O–H groups in total. The molecular formula is C20H25N3O5S. The van der Waals surface area contributed by atoms with Crippen LogP contribution in [0.5, 0.6) is 0 Å². The Hall–Kier alpha value is -2.68. The molecular weight excluding hydrogens is 394 g/mol. The van der Waals surface area contributed by atoms with Crippen molar-refractivity contribution in [3.8, 4) is 0 Å². The van der Waals surface area contributed by atoms with Crippen molar-refractivity contribution >= 4 is 34.2 Å². The van der Waals surface area contributed by atoms with Gasteiger partial charge in [-0.15, -0.1) is 11.3 Å².